The number of methoxy groups -OCH3 is 1. The van der Waals surface area contributed by atoms with E-state index in [1.165, 1.54) is 6.42 Å². The first kappa shape index (κ1) is 22.8. The molecular formula is C27H31N3O3S. The first-order valence-corrected chi connectivity index (χ1v) is 13.0. The van der Waals surface area contributed by atoms with Gasteiger partial charge in [0.15, 0.2) is 0 Å². The zero-order valence-corrected chi connectivity index (χ0v) is 20.6. The Morgan fingerprint density at radius 3 is 2.62 bits per heavy atom. The van der Waals surface area contributed by atoms with Crippen LogP contribution in [0.4, 0.5) is 0 Å². The maximum atomic E-state index is 14.0. The summed E-state index contributed by atoms with van der Waals surface area (Å²) in [6.07, 6.45) is 5.29. The van der Waals surface area contributed by atoms with Gasteiger partial charge in [0.25, 0.3) is 0 Å². The van der Waals surface area contributed by atoms with Gasteiger partial charge in [-0.2, -0.15) is 0 Å². The van der Waals surface area contributed by atoms with E-state index in [2.05, 4.69) is 22.0 Å². The van der Waals surface area contributed by atoms with Crippen LogP contribution >= 0.6 is 11.8 Å². The summed E-state index contributed by atoms with van der Waals surface area (Å²) in [7, 11) is 3.66. The van der Waals surface area contributed by atoms with E-state index in [0.29, 0.717) is 12.3 Å². The summed E-state index contributed by atoms with van der Waals surface area (Å²) in [6, 6.07) is 15.3. The van der Waals surface area contributed by atoms with Gasteiger partial charge in [0, 0.05) is 41.7 Å². The van der Waals surface area contributed by atoms with Crippen molar-refractivity contribution in [1.82, 2.24) is 14.8 Å². The number of para-hydroxylation sites is 2. The van der Waals surface area contributed by atoms with Crippen LogP contribution in [-0.4, -0.2) is 40.2 Å². The van der Waals surface area contributed by atoms with Crippen LogP contribution in [0.2, 0.25) is 0 Å². The lowest BCUT2D eigenvalue weighted by Gasteiger charge is -2.38. The average molecular weight is 478 g/mol. The van der Waals surface area contributed by atoms with Crippen LogP contribution in [0.25, 0.3) is 10.9 Å². The topological polar surface area (TPSA) is 63.6 Å². The predicted octanol–water partition coefficient (Wildman–Crippen LogP) is 4.81. The molecule has 2 heterocycles. The molecule has 3 aromatic rings. The number of rotatable bonds is 5. The van der Waals surface area contributed by atoms with Crippen molar-refractivity contribution >= 4 is 34.5 Å². The van der Waals surface area contributed by atoms with Crippen molar-refractivity contribution in [2.45, 2.75) is 55.8 Å². The number of carbonyl (C=O) groups excluding carboxylic acids is 2. The molecule has 1 aliphatic heterocycles. The third-order valence-electron chi connectivity index (χ3n) is 7.12. The second kappa shape index (κ2) is 9.74. The Kier molecular flexibility index (Phi) is 6.55. The van der Waals surface area contributed by atoms with Gasteiger partial charge in [-0.05, 0) is 25.0 Å². The first-order valence-electron chi connectivity index (χ1n) is 12.0. The molecule has 1 unspecified atom stereocenters. The maximum Gasteiger partial charge on any atom is 0.247 e. The van der Waals surface area contributed by atoms with Crippen molar-refractivity contribution < 1.29 is 14.3 Å². The summed E-state index contributed by atoms with van der Waals surface area (Å²) in [6.45, 7) is 0.347. The minimum Gasteiger partial charge on any atom is -0.496 e. The monoisotopic (exact) mass is 477 g/mol. The Bertz CT molecular complexity index is 1220. The van der Waals surface area contributed by atoms with Crippen LogP contribution in [0.5, 0.6) is 5.75 Å². The van der Waals surface area contributed by atoms with Gasteiger partial charge >= 0.3 is 0 Å². The summed E-state index contributed by atoms with van der Waals surface area (Å²) in [4.78, 5) is 29.4. The molecule has 0 spiro atoms. The van der Waals surface area contributed by atoms with Crippen molar-refractivity contribution in [2.75, 3.05) is 12.9 Å². The molecule has 6 nitrogen and oxygen atoms in total. The van der Waals surface area contributed by atoms with Crippen molar-refractivity contribution in [3.63, 3.8) is 0 Å². The second-order valence-electron chi connectivity index (χ2n) is 9.11. The number of thioether (sulfide) groups is 1. The van der Waals surface area contributed by atoms with Crippen molar-refractivity contribution in [3.05, 3.63) is 59.7 Å². The second-order valence-corrected chi connectivity index (χ2v) is 10.1. The Balaban J connectivity index is 1.58. The number of carbonyl (C=O) groups is 2. The molecule has 1 aliphatic carbocycles. The van der Waals surface area contributed by atoms with E-state index in [4.69, 9.17) is 4.74 Å². The molecule has 34 heavy (non-hydrogen) atoms. The summed E-state index contributed by atoms with van der Waals surface area (Å²) in [5, 5.41) is 5.19. The third kappa shape index (κ3) is 4.06. The Hall–Kier alpha value is -2.93. The Morgan fingerprint density at radius 1 is 1.09 bits per heavy atom. The Labute approximate surface area is 204 Å². The SMILES string of the molecule is COc1ccccc1CNC(=O)C1c2c(n(C)c3ccccc23)SCC(=O)N1C1CCCCC1. The van der Waals surface area contributed by atoms with E-state index in [0.717, 1.165) is 58.5 Å². The predicted molar refractivity (Wildman–Crippen MR) is 135 cm³/mol. The first-order chi connectivity index (χ1) is 16.6. The van der Waals surface area contributed by atoms with Crippen LogP contribution in [0, 0.1) is 0 Å². The van der Waals surface area contributed by atoms with E-state index < -0.39 is 6.04 Å². The molecule has 0 radical (unpaired) electrons. The highest BCUT2D eigenvalue weighted by molar-refractivity contribution is 8.00. The highest BCUT2D eigenvalue weighted by Gasteiger charge is 2.42. The normalized spacial score (nSPS) is 19.1. The van der Waals surface area contributed by atoms with Crippen LogP contribution in [-0.2, 0) is 23.2 Å². The fraction of sp³-hybridized carbons (Fsp3) is 0.407. The highest BCUT2D eigenvalue weighted by atomic mass is 32.2. The zero-order valence-electron chi connectivity index (χ0n) is 19.8. The van der Waals surface area contributed by atoms with Gasteiger partial charge in [-0.25, -0.2) is 0 Å². The van der Waals surface area contributed by atoms with Gasteiger partial charge in [-0.3, -0.25) is 9.59 Å². The molecular weight excluding hydrogens is 446 g/mol. The molecule has 5 rings (SSSR count). The number of aryl methyl sites for hydroxylation is 1. The van der Waals surface area contributed by atoms with Gasteiger partial charge in [-0.1, -0.05) is 67.4 Å². The quantitative estimate of drug-likeness (QED) is 0.573. The fourth-order valence-corrected chi connectivity index (χ4v) is 6.56. The molecule has 2 amide bonds. The van der Waals surface area contributed by atoms with Crippen molar-refractivity contribution in [3.8, 4) is 5.75 Å². The largest absolute Gasteiger partial charge is 0.496 e. The number of nitrogens with one attached hydrogen (secondary N) is 1. The molecule has 1 atom stereocenters. The summed E-state index contributed by atoms with van der Waals surface area (Å²) < 4.78 is 7.60. The molecule has 2 aliphatic rings. The minimum absolute atomic E-state index is 0.0506. The zero-order chi connectivity index (χ0) is 23.7. The van der Waals surface area contributed by atoms with Gasteiger partial charge in [0.05, 0.1) is 17.9 Å². The van der Waals surface area contributed by atoms with E-state index in [1.54, 1.807) is 18.9 Å². The fourth-order valence-electron chi connectivity index (χ4n) is 5.48. The summed E-state index contributed by atoms with van der Waals surface area (Å²) in [5.74, 6) is 1.01. The Morgan fingerprint density at radius 2 is 1.82 bits per heavy atom. The van der Waals surface area contributed by atoms with Crippen molar-refractivity contribution in [2.24, 2.45) is 7.05 Å². The van der Waals surface area contributed by atoms with Gasteiger partial charge in [0.2, 0.25) is 11.8 Å². The maximum absolute atomic E-state index is 14.0. The number of benzene rings is 2. The molecule has 1 N–H and O–H groups in total. The highest BCUT2D eigenvalue weighted by Crippen LogP contribution is 2.44. The van der Waals surface area contributed by atoms with E-state index in [1.807, 2.05) is 48.3 Å². The molecule has 1 saturated carbocycles. The number of amides is 2. The number of fused-ring (bicyclic) bond motifs is 3. The minimum atomic E-state index is -0.651. The van der Waals surface area contributed by atoms with E-state index in [-0.39, 0.29) is 17.9 Å². The van der Waals surface area contributed by atoms with Gasteiger partial charge in [-0.15, -0.1) is 0 Å². The number of hydrogen-bond acceptors (Lipinski definition) is 4. The molecule has 178 valence electrons. The van der Waals surface area contributed by atoms with E-state index >= 15 is 0 Å². The van der Waals surface area contributed by atoms with Gasteiger partial charge in [0.1, 0.15) is 11.8 Å². The lowest BCUT2D eigenvalue weighted by molar-refractivity contribution is -0.142. The lowest BCUT2D eigenvalue weighted by atomic mass is 9.91. The standard InChI is InChI=1S/C27H31N3O3S/c1-29-21-14-8-7-13-20(21)24-25(26(32)28-16-18-10-6-9-15-22(18)33-2)30(19-11-4-3-5-12-19)23(31)17-34-27(24)29/h6-10,13-15,19,25H,3-5,11-12,16-17H2,1-2H3,(H,28,32). The molecule has 1 fully saturated rings. The molecule has 7 heteroatoms. The van der Waals surface area contributed by atoms with Crippen molar-refractivity contribution in [1.29, 1.82) is 0 Å². The number of ether oxygens (including phenoxy) is 1. The molecule has 2 aromatic carbocycles. The number of hydrogen-bond donors (Lipinski definition) is 1. The molecule has 0 saturated heterocycles. The number of aromatic nitrogens is 1. The molecule has 0 bridgehead atoms. The average Bonchev–Trinajstić information content (AvgIpc) is 3.05. The summed E-state index contributed by atoms with van der Waals surface area (Å²) in [5.41, 5.74) is 2.95. The van der Waals surface area contributed by atoms with E-state index in [9.17, 15) is 9.59 Å². The third-order valence-corrected chi connectivity index (χ3v) is 8.28. The van der Waals surface area contributed by atoms with Crippen LogP contribution in [0.1, 0.15) is 49.3 Å². The molecule has 1 aromatic heterocycles. The van der Waals surface area contributed by atoms with Crippen LogP contribution in [0.3, 0.4) is 0 Å². The van der Waals surface area contributed by atoms with Gasteiger partial charge < -0.3 is 19.5 Å². The summed E-state index contributed by atoms with van der Waals surface area (Å²) >= 11 is 1.55. The smallest absolute Gasteiger partial charge is 0.247 e. The number of nitrogens with zero attached hydrogens (tertiary/aromatic N) is 2. The van der Waals surface area contributed by atoms with Crippen LogP contribution in [0.15, 0.2) is 53.6 Å². The van der Waals surface area contributed by atoms with Crippen LogP contribution < -0.4 is 10.1 Å². The lowest BCUT2D eigenvalue weighted by Crippen LogP contribution is -2.49.